The average Bonchev–Trinajstić information content (AvgIpc) is 3.06. The van der Waals surface area contributed by atoms with Crippen LogP contribution in [0, 0.1) is 13.8 Å². The molecule has 2 amide bonds. The fourth-order valence-electron chi connectivity index (χ4n) is 2.16. The van der Waals surface area contributed by atoms with Crippen LogP contribution in [0.5, 0.6) is 0 Å². The lowest BCUT2D eigenvalue weighted by Crippen LogP contribution is -2.36. The van der Waals surface area contributed by atoms with Crippen molar-refractivity contribution in [1.29, 1.82) is 0 Å². The number of aromatic nitrogens is 1. The van der Waals surface area contributed by atoms with Crippen molar-refractivity contribution in [1.82, 2.24) is 10.1 Å². The van der Waals surface area contributed by atoms with Gasteiger partial charge >= 0.3 is 6.03 Å². The van der Waals surface area contributed by atoms with Crippen molar-refractivity contribution in [2.24, 2.45) is 0 Å². The van der Waals surface area contributed by atoms with Gasteiger partial charge in [0.2, 0.25) is 0 Å². The molecule has 0 aliphatic heterocycles. The summed E-state index contributed by atoms with van der Waals surface area (Å²) in [6.45, 7) is 4.29. The van der Waals surface area contributed by atoms with E-state index in [4.69, 9.17) is 4.52 Å². The number of carbonyl (C=O) groups excluding carboxylic acids is 1. The summed E-state index contributed by atoms with van der Waals surface area (Å²) in [6.07, 6.45) is 2.17. The van der Waals surface area contributed by atoms with Crippen molar-refractivity contribution < 1.29 is 9.32 Å². The van der Waals surface area contributed by atoms with Crippen LogP contribution < -0.4 is 5.32 Å². The molecule has 0 saturated heterocycles. The molecular weight excluding hydrogens is 274 g/mol. The fourth-order valence-corrected chi connectivity index (χ4v) is 2.87. The maximum atomic E-state index is 12.5. The molecule has 2 aromatic rings. The molecule has 106 valence electrons. The number of hydrogen-bond donors (Lipinski definition) is 1. The summed E-state index contributed by atoms with van der Waals surface area (Å²) in [5.41, 5.74) is 1.40. The van der Waals surface area contributed by atoms with Crippen LogP contribution in [0.15, 0.2) is 22.0 Å². The number of aryl methyl sites for hydroxylation is 2. The molecule has 0 unspecified atom stereocenters. The molecule has 1 fully saturated rings. The second-order valence-electron chi connectivity index (χ2n) is 5.07. The van der Waals surface area contributed by atoms with E-state index < -0.39 is 0 Å². The van der Waals surface area contributed by atoms with E-state index in [2.05, 4.69) is 16.5 Å². The number of nitrogens with one attached hydrogen (secondary N) is 1. The first-order chi connectivity index (χ1) is 9.65. The van der Waals surface area contributed by atoms with Crippen molar-refractivity contribution in [2.45, 2.75) is 39.3 Å². The Morgan fingerprint density at radius 1 is 1.55 bits per heavy atom. The fraction of sp³-hybridized carbons (Fsp3) is 0.429. The number of hydrogen-bond acceptors (Lipinski definition) is 4. The molecule has 2 heterocycles. The Morgan fingerprint density at radius 2 is 2.35 bits per heavy atom. The lowest BCUT2D eigenvalue weighted by atomic mass is 10.3. The first-order valence-corrected chi connectivity index (χ1v) is 7.56. The average molecular weight is 291 g/mol. The van der Waals surface area contributed by atoms with Crippen LogP contribution in [-0.2, 0) is 6.54 Å². The van der Waals surface area contributed by atoms with E-state index in [9.17, 15) is 4.79 Å². The highest BCUT2D eigenvalue weighted by Gasteiger charge is 2.33. The first kappa shape index (κ1) is 13.2. The van der Waals surface area contributed by atoms with Crippen molar-refractivity contribution in [2.75, 3.05) is 5.32 Å². The predicted molar refractivity (Wildman–Crippen MR) is 77.9 cm³/mol. The van der Waals surface area contributed by atoms with Gasteiger partial charge in [0, 0.05) is 10.9 Å². The number of nitrogens with zero attached hydrogens (tertiary/aromatic N) is 2. The summed E-state index contributed by atoms with van der Waals surface area (Å²) in [4.78, 5) is 15.6. The minimum atomic E-state index is -0.0738. The molecule has 0 atom stereocenters. The van der Waals surface area contributed by atoms with E-state index in [0.29, 0.717) is 29.7 Å². The minimum absolute atomic E-state index is 0.0738. The van der Waals surface area contributed by atoms with Gasteiger partial charge in [0.15, 0.2) is 5.76 Å². The quantitative estimate of drug-likeness (QED) is 0.937. The highest BCUT2D eigenvalue weighted by atomic mass is 32.1. The van der Waals surface area contributed by atoms with Crippen molar-refractivity contribution in [3.63, 3.8) is 0 Å². The van der Waals surface area contributed by atoms with E-state index in [1.165, 1.54) is 4.88 Å². The van der Waals surface area contributed by atoms with Crippen molar-refractivity contribution in [3.05, 3.63) is 33.8 Å². The zero-order valence-electron chi connectivity index (χ0n) is 11.5. The molecule has 3 rings (SSSR count). The highest BCUT2D eigenvalue weighted by molar-refractivity contribution is 7.09. The van der Waals surface area contributed by atoms with Crippen LogP contribution in [0.1, 0.15) is 29.2 Å². The summed E-state index contributed by atoms with van der Waals surface area (Å²) in [5, 5.41) is 8.82. The van der Waals surface area contributed by atoms with E-state index in [0.717, 1.165) is 12.8 Å². The number of carbonyl (C=O) groups is 1. The van der Waals surface area contributed by atoms with Gasteiger partial charge in [-0.25, -0.2) is 4.79 Å². The Labute approximate surface area is 121 Å². The van der Waals surface area contributed by atoms with Crippen LogP contribution in [0.25, 0.3) is 0 Å². The second-order valence-corrected chi connectivity index (χ2v) is 6.10. The van der Waals surface area contributed by atoms with Crippen LogP contribution in [0.2, 0.25) is 0 Å². The topological polar surface area (TPSA) is 58.4 Å². The third-order valence-electron chi connectivity index (χ3n) is 3.42. The third kappa shape index (κ3) is 2.70. The van der Waals surface area contributed by atoms with Gasteiger partial charge in [0.1, 0.15) is 11.4 Å². The lowest BCUT2D eigenvalue weighted by Gasteiger charge is -2.22. The van der Waals surface area contributed by atoms with Crippen molar-refractivity contribution >= 4 is 23.1 Å². The molecule has 20 heavy (non-hydrogen) atoms. The Hall–Kier alpha value is -1.82. The highest BCUT2D eigenvalue weighted by Crippen LogP contribution is 2.30. The Morgan fingerprint density at radius 3 is 2.90 bits per heavy atom. The van der Waals surface area contributed by atoms with Crippen LogP contribution in [0.3, 0.4) is 0 Å². The second kappa shape index (κ2) is 5.28. The smallest absolute Gasteiger partial charge is 0.322 e. The van der Waals surface area contributed by atoms with Gasteiger partial charge in [-0.2, -0.15) is 0 Å². The molecule has 1 N–H and O–H groups in total. The monoisotopic (exact) mass is 291 g/mol. The first-order valence-electron chi connectivity index (χ1n) is 6.68. The Balaban J connectivity index is 1.73. The number of amides is 2. The standard InChI is InChI=1S/C14H17N3O2S/c1-9-13(10(2)19-16-9)15-14(18)17(11-5-6-11)8-12-4-3-7-20-12/h3-4,7,11H,5-6,8H2,1-2H3,(H,15,18). The zero-order valence-corrected chi connectivity index (χ0v) is 12.4. The van der Waals surface area contributed by atoms with E-state index >= 15 is 0 Å². The number of urea groups is 1. The molecular formula is C14H17N3O2S. The lowest BCUT2D eigenvalue weighted by molar-refractivity contribution is 0.206. The molecule has 0 spiro atoms. The maximum absolute atomic E-state index is 12.5. The Kier molecular flexibility index (Phi) is 3.48. The number of rotatable bonds is 4. The van der Waals surface area contributed by atoms with Crippen LogP contribution >= 0.6 is 11.3 Å². The van der Waals surface area contributed by atoms with Gasteiger partial charge in [-0.15, -0.1) is 11.3 Å². The largest absolute Gasteiger partial charge is 0.359 e. The molecule has 1 aliphatic rings. The Bertz CT molecular complexity index is 582. The summed E-state index contributed by atoms with van der Waals surface area (Å²) in [5.74, 6) is 0.641. The molecule has 2 aromatic heterocycles. The SMILES string of the molecule is Cc1noc(C)c1NC(=O)N(Cc1cccs1)C1CC1. The summed E-state index contributed by atoms with van der Waals surface area (Å²) < 4.78 is 5.08. The van der Waals surface area contributed by atoms with Crippen molar-refractivity contribution in [3.8, 4) is 0 Å². The molecule has 6 heteroatoms. The van der Waals surface area contributed by atoms with Gasteiger partial charge in [-0.1, -0.05) is 11.2 Å². The third-order valence-corrected chi connectivity index (χ3v) is 4.28. The van der Waals surface area contributed by atoms with Gasteiger partial charge in [-0.05, 0) is 38.1 Å². The van der Waals surface area contributed by atoms with Gasteiger partial charge < -0.3 is 14.7 Å². The van der Waals surface area contributed by atoms with E-state index in [1.54, 1.807) is 18.3 Å². The molecule has 1 aliphatic carbocycles. The summed E-state index contributed by atoms with van der Waals surface area (Å²) in [7, 11) is 0. The summed E-state index contributed by atoms with van der Waals surface area (Å²) in [6, 6.07) is 4.36. The molecule has 0 bridgehead atoms. The number of thiophene rings is 1. The van der Waals surface area contributed by atoms with E-state index in [-0.39, 0.29) is 6.03 Å². The molecule has 5 nitrogen and oxygen atoms in total. The minimum Gasteiger partial charge on any atom is -0.359 e. The van der Waals surface area contributed by atoms with Crippen LogP contribution in [-0.4, -0.2) is 22.1 Å². The van der Waals surface area contributed by atoms with Gasteiger partial charge in [0.25, 0.3) is 0 Å². The molecule has 1 saturated carbocycles. The number of anilines is 1. The zero-order chi connectivity index (χ0) is 14.1. The normalized spacial score (nSPS) is 14.3. The van der Waals surface area contributed by atoms with Crippen LogP contribution in [0.4, 0.5) is 10.5 Å². The summed E-state index contributed by atoms with van der Waals surface area (Å²) >= 11 is 1.68. The van der Waals surface area contributed by atoms with Gasteiger partial charge in [-0.3, -0.25) is 0 Å². The predicted octanol–water partition coefficient (Wildman–Crippen LogP) is 3.55. The molecule has 0 radical (unpaired) electrons. The van der Waals surface area contributed by atoms with E-state index in [1.807, 2.05) is 23.3 Å². The van der Waals surface area contributed by atoms with Gasteiger partial charge in [0.05, 0.1) is 6.54 Å². The maximum Gasteiger partial charge on any atom is 0.322 e. The molecule has 0 aromatic carbocycles.